The lowest BCUT2D eigenvalue weighted by Crippen LogP contribution is -2.40. The van der Waals surface area contributed by atoms with E-state index in [2.05, 4.69) is 55.4 Å². The van der Waals surface area contributed by atoms with Crippen molar-refractivity contribution in [2.45, 2.75) is 39.2 Å². The zero-order valence-corrected chi connectivity index (χ0v) is 12.7. The molecule has 0 fully saturated rings. The molecule has 0 aromatic heterocycles. The van der Waals surface area contributed by atoms with E-state index < -0.39 is 0 Å². The van der Waals surface area contributed by atoms with E-state index in [4.69, 9.17) is 0 Å². The Morgan fingerprint density at radius 2 is 2.05 bits per heavy atom. The van der Waals surface area contributed by atoms with Crippen molar-refractivity contribution in [1.82, 2.24) is 10.2 Å². The number of benzene rings is 1. The third-order valence-electron chi connectivity index (χ3n) is 4.33. The van der Waals surface area contributed by atoms with Crippen LogP contribution in [0.4, 0.5) is 0 Å². The molecule has 0 radical (unpaired) electrons. The van der Waals surface area contributed by atoms with Crippen LogP contribution >= 0.6 is 0 Å². The lowest BCUT2D eigenvalue weighted by molar-refractivity contribution is 0.297. The highest BCUT2D eigenvalue weighted by molar-refractivity contribution is 5.29. The van der Waals surface area contributed by atoms with Crippen LogP contribution in [0, 0.1) is 5.92 Å². The van der Waals surface area contributed by atoms with Gasteiger partial charge in [-0.15, -0.1) is 0 Å². The van der Waals surface area contributed by atoms with Gasteiger partial charge in [0.1, 0.15) is 0 Å². The number of fused-ring (bicyclic) bond motifs is 1. The van der Waals surface area contributed by atoms with E-state index in [1.165, 1.54) is 19.3 Å². The summed E-state index contributed by atoms with van der Waals surface area (Å²) in [5.41, 5.74) is 3.14. The zero-order valence-electron chi connectivity index (χ0n) is 12.7. The van der Waals surface area contributed by atoms with Gasteiger partial charge in [-0.05, 0) is 63.4 Å². The van der Waals surface area contributed by atoms with Gasteiger partial charge in [0.25, 0.3) is 0 Å². The summed E-state index contributed by atoms with van der Waals surface area (Å²) in [5, 5.41) is 3.71. The SMILES string of the molecule is CCN(C)CC(C)NCC1CCc2ccccc2C1. The summed E-state index contributed by atoms with van der Waals surface area (Å²) in [6, 6.07) is 9.52. The van der Waals surface area contributed by atoms with Crippen molar-refractivity contribution in [3.8, 4) is 0 Å². The maximum atomic E-state index is 3.71. The van der Waals surface area contributed by atoms with E-state index in [0.717, 1.165) is 25.6 Å². The van der Waals surface area contributed by atoms with Crippen molar-refractivity contribution >= 4 is 0 Å². The van der Waals surface area contributed by atoms with Crippen molar-refractivity contribution < 1.29 is 0 Å². The quantitative estimate of drug-likeness (QED) is 0.846. The molecule has 2 nitrogen and oxygen atoms in total. The number of hydrogen-bond donors (Lipinski definition) is 1. The summed E-state index contributed by atoms with van der Waals surface area (Å²) in [5.74, 6) is 0.810. The number of nitrogens with zero attached hydrogens (tertiary/aromatic N) is 1. The topological polar surface area (TPSA) is 15.3 Å². The summed E-state index contributed by atoms with van der Waals surface area (Å²) in [7, 11) is 2.19. The van der Waals surface area contributed by atoms with Crippen LogP contribution in [0.25, 0.3) is 0 Å². The Morgan fingerprint density at radius 3 is 2.79 bits per heavy atom. The smallest absolute Gasteiger partial charge is 0.0166 e. The van der Waals surface area contributed by atoms with Crippen LogP contribution in [0.3, 0.4) is 0 Å². The van der Waals surface area contributed by atoms with Gasteiger partial charge in [0.15, 0.2) is 0 Å². The predicted octanol–water partition coefficient (Wildman–Crippen LogP) is 2.72. The number of nitrogens with one attached hydrogen (secondary N) is 1. The molecule has 0 aliphatic heterocycles. The highest BCUT2D eigenvalue weighted by Gasteiger charge is 2.18. The van der Waals surface area contributed by atoms with Crippen LogP contribution in [-0.2, 0) is 12.8 Å². The molecule has 0 amide bonds. The number of hydrogen-bond acceptors (Lipinski definition) is 2. The standard InChI is InChI=1S/C17H28N2/c1-4-19(3)13-14(2)18-12-15-9-10-16-7-5-6-8-17(16)11-15/h5-8,14-15,18H,4,9-13H2,1-3H3. The molecular formula is C17H28N2. The number of rotatable bonds is 6. The molecule has 1 aromatic rings. The Balaban J connectivity index is 1.76. The molecule has 0 bridgehead atoms. The normalized spacial score (nSPS) is 20.3. The molecule has 1 aliphatic carbocycles. The van der Waals surface area contributed by atoms with E-state index in [1.54, 1.807) is 11.1 Å². The van der Waals surface area contributed by atoms with Gasteiger partial charge in [-0.2, -0.15) is 0 Å². The minimum atomic E-state index is 0.585. The van der Waals surface area contributed by atoms with Crippen LogP contribution in [0.15, 0.2) is 24.3 Å². The van der Waals surface area contributed by atoms with Crippen molar-refractivity contribution in [3.63, 3.8) is 0 Å². The predicted molar refractivity (Wildman–Crippen MR) is 82.6 cm³/mol. The first kappa shape index (κ1) is 14.5. The van der Waals surface area contributed by atoms with Crippen LogP contribution in [-0.4, -0.2) is 37.6 Å². The minimum absolute atomic E-state index is 0.585. The first-order valence-corrected chi connectivity index (χ1v) is 7.67. The molecule has 0 spiro atoms. The van der Waals surface area contributed by atoms with E-state index in [0.29, 0.717) is 6.04 Å². The van der Waals surface area contributed by atoms with Gasteiger partial charge in [-0.25, -0.2) is 0 Å². The van der Waals surface area contributed by atoms with Crippen molar-refractivity contribution in [2.24, 2.45) is 5.92 Å². The van der Waals surface area contributed by atoms with Crippen molar-refractivity contribution in [1.29, 1.82) is 0 Å². The molecule has 2 atom stereocenters. The molecule has 0 saturated carbocycles. The van der Waals surface area contributed by atoms with E-state index >= 15 is 0 Å². The van der Waals surface area contributed by atoms with E-state index in [9.17, 15) is 0 Å². The molecule has 19 heavy (non-hydrogen) atoms. The average Bonchev–Trinajstić information content (AvgIpc) is 2.44. The van der Waals surface area contributed by atoms with Gasteiger partial charge in [0, 0.05) is 12.6 Å². The highest BCUT2D eigenvalue weighted by Crippen LogP contribution is 2.24. The molecule has 1 aromatic carbocycles. The average molecular weight is 260 g/mol. The zero-order chi connectivity index (χ0) is 13.7. The fraction of sp³-hybridized carbons (Fsp3) is 0.647. The Labute approximate surface area is 118 Å². The molecular weight excluding hydrogens is 232 g/mol. The van der Waals surface area contributed by atoms with Crippen LogP contribution < -0.4 is 5.32 Å². The molecule has 0 saturated heterocycles. The molecule has 1 aliphatic rings. The van der Waals surface area contributed by atoms with Gasteiger partial charge in [-0.1, -0.05) is 31.2 Å². The van der Waals surface area contributed by atoms with Crippen LogP contribution in [0.2, 0.25) is 0 Å². The van der Waals surface area contributed by atoms with Gasteiger partial charge < -0.3 is 10.2 Å². The maximum absolute atomic E-state index is 3.71. The Morgan fingerprint density at radius 1 is 1.32 bits per heavy atom. The first-order valence-electron chi connectivity index (χ1n) is 7.67. The lowest BCUT2D eigenvalue weighted by atomic mass is 9.84. The van der Waals surface area contributed by atoms with Gasteiger partial charge in [0.2, 0.25) is 0 Å². The van der Waals surface area contributed by atoms with Crippen LogP contribution in [0.1, 0.15) is 31.4 Å². The third-order valence-corrected chi connectivity index (χ3v) is 4.33. The summed E-state index contributed by atoms with van der Waals surface area (Å²) in [4.78, 5) is 2.37. The molecule has 2 rings (SSSR count). The fourth-order valence-corrected chi connectivity index (χ4v) is 2.98. The van der Waals surface area contributed by atoms with Crippen molar-refractivity contribution in [3.05, 3.63) is 35.4 Å². The summed E-state index contributed by atoms with van der Waals surface area (Å²) < 4.78 is 0. The molecule has 0 heterocycles. The van der Waals surface area contributed by atoms with Gasteiger partial charge in [0.05, 0.1) is 0 Å². The molecule has 1 N–H and O–H groups in total. The number of aryl methyl sites for hydroxylation is 1. The van der Waals surface area contributed by atoms with Crippen molar-refractivity contribution in [2.75, 3.05) is 26.7 Å². The number of likely N-dealkylation sites (N-methyl/N-ethyl adjacent to an activating group) is 1. The molecule has 2 heteroatoms. The largest absolute Gasteiger partial charge is 0.313 e. The second kappa shape index (κ2) is 7.06. The van der Waals surface area contributed by atoms with Gasteiger partial charge in [-0.3, -0.25) is 0 Å². The summed E-state index contributed by atoms with van der Waals surface area (Å²) >= 11 is 0. The third kappa shape index (κ3) is 4.32. The Kier molecular flexibility index (Phi) is 5.41. The lowest BCUT2D eigenvalue weighted by Gasteiger charge is -2.27. The Hall–Kier alpha value is -0.860. The van der Waals surface area contributed by atoms with Crippen LogP contribution in [0.5, 0.6) is 0 Å². The molecule has 106 valence electrons. The Bertz CT molecular complexity index is 389. The fourth-order valence-electron chi connectivity index (χ4n) is 2.98. The highest BCUT2D eigenvalue weighted by atomic mass is 15.1. The van der Waals surface area contributed by atoms with E-state index in [1.807, 2.05) is 0 Å². The second-order valence-electron chi connectivity index (χ2n) is 6.04. The summed E-state index contributed by atoms with van der Waals surface area (Å²) in [6.45, 7) is 7.93. The second-order valence-corrected chi connectivity index (χ2v) is 6.04. The van der Waals surface area contributed by atoms with Gasteiger partial charge >= 0.3 is 0 Å². The molecule has 2 unspecified atom stereocenters. The first-order chi connectivity index (χ1) is 9.19. The maximum Gasteiger partial charge on any atom is 0.0166 e. The monoisotopic (exact) mass is 260 g/mol. The minimum Gasteiger partial charge on any atom is -0.313 e. The van der Waals surface area contributed by atoms with E-state index in [-0.39, 0.29) is 0 Å². The summed E-state index contributed by atoms with van der Waals surface area (Å²) in [6.07, 6.45) is 3.84.